The first-order chi connectivity index (χ1) is 13.6. The summed E-state index contributed by atoms with van der Waals surface area (Å²) in [5.41, 5.74) is 8.06. The number of carbonyl (C=O) groups is 1. The Kier molecular flexibility index (Phi) is 4.74. The first-order valence-corrected chi connectivity index (χ1v) is 9.42. The molecule has 0 N–H and O–H groups in total. The molecule has 0 amide bonds. The van der Waals surface area contributed by atoms with E-state index in [1.807, 2.05) is 41.8 Å². The van der Waals surface area contributed by atoms with Crippen molar-refractivity contribution < 1.29 is 9.53 Å². The van der Waals surface area contributed by atoms with Crippen LogP contribution in [0.15, 0.2) is 66.9 Å². The molecule has 0 saturated heterocycles. The summed E-state index contributed by atoms with van der Waals surface area (Å²) < 4.78 is 8.06. The number of benzene rings is 2. The minimum Gasteiger partial charge on any atom is -0.488 e. The quantitative estimate of drug-likeness (QED) is 0.409. The highest BCUT2D eigenvalue weighted by Gasteiger charge is 2.15. The van der Waals surface area contributed by atoms with E-state index in [-0.39, 0.29) is 0 Å². The van der Waals surface area contributed by atoms with Gasteiger partial charge in [0.15, 0.2) is 6.29 Å². The zero-order valence-corrected chi connectivity index (χ0v) is 16.4. The van der Waals surface area contributed by atoms with Crippen LogP contribution in [0.1, 0.15) is 32.7 Å². The molecule has 4 aromatic rings. The molecule has 2 heterocycles. The molecule has 3 heteroatoms. The topological polar surface area (TPSA) is 30.7 Å². The van der Waals surface area contributed by atoms with Crippen LogP contribution in [-0.2, 0) is 6.61 Å². The zero-order chi connectivity index (χ0) is 19.7. The molecule has 140 valence electrons. The number of ether oxygens (including phenoxy) is 1. The summed E-state index contributed by atoms with van der Waals surface area (Å²) in [7, 11) is 0. The van der Waals surface area contributed by atoms with Gasteiger partial charge in [-0.25, -0.2) is 0 Å². The number of aldehydes is 1. The summed E-state index contributed by atoms with van der Waals surface area (Å²) in [5.74, 6) is 0.903. The first kappa shape index (κ1) is 18.1. The van der Waals surface area contributed by atoms with Gasteiger partial charge in [-0.1, -0.05) is 36.4 Å². The van der Waals surface area contributed by atoms with E-state index in [0.717, 1.165) is 50.9 Å². The van der Waals surface area contributed by atoms with E-state index < -0.39 is 0 Å². The lowest BCUT2D eigenvalue weighted by atomic mass is 10.00. The van der Waals surface area contributed by atoms with Crippen molar-refractivity contribution in [3.63, 3.8) is 0 Å². The van der Waals surface area contributed by atoms with Gasteiger partial charge in [-0.3, -0.25) is 4.79 Å². The lowest BCUT2D eigenvalue weighted by Crippen LogP contribution is -2.00. The van der Waals surface area contributed by atoms with E-state index in [1.165, 1.54) is 0 Å². The van der Waals surface area contributed by atoms with Gasteiger partial charge < -0.3 is 9.14 Å². The van der Waals surface area contributed by atoms with Crippen molar-refractivity contribution in [3.05, 3.63) is 94.8 Å². The normalized spacial score (nSPS) is 11.0. The Hall–Kier alpha value is -3.33. The summed E-state index contributed by atoms with van der Waals surface area (Å²) in [6.45, 7) is 6.67. The van der Waals surface area contributed by atoms with Gasteiger partial charge in [-0.05, 0) is 72.9 Å². The van der Waals surface area contributed by atoms with E-state index in [0.29, 0.717) is 12.3 Å². The van der Waals surface area contributed by atoms with E-state index >= 15 is 0 Å². The van der Waals surface area contributed by atoms with E-state index in [1.54, 1.807) is 0 Å². The highest BCUT2D eigenvalue weighted by atomic mass is 16.5. The fraction of sp³-hybridized carbons (Fsp3) is 0.160. The molecule has 0 bridgehead atoms. The van der Waals surface area contributed by atoms with Gasteiger partial charge in [0.2, 0.25) is 0 Å². The molecule has 28 heavy (non-hydrogen) atoms. The summed E-state index contributed by atoms with van der Waals surface area (Å²) in [4.78, 5) is 11.8. The van der Waals surface area contributed by atoms with Crippen LogP contribution in [0.2, 0.25) is 0 Å². The molecule has 4 rings (SSSR count). The van der Waals surface area contributed by atoms with Crippen LogP contribution in [0, 0.1) is 20.8 Å². The number of rotatable bonds is 5. The van der Waals surface area contributed by atoms with E-state index in [4.69, 9.17) is 4.74 Å². The molecular formula is C25H23NO2. The van der Waals surface area contributed by atoms with Crippen LogP contribution < -0.4 is 4.74 Å². The number of hydrogen-bond donors (Lipinski definition) is 0. The van der Waals surface area contributed by atoms with E-state index in [2.05, 4.69) is 50.2 Å². The summed E-state index contributed by atoms with van der Waals surface area (Å²) in [5, 5.41) is 0. The van der Waals surface area contributed by atoms with Crippen molar-refractivity contribution in [2.75, 3.05) is 0 Å². The Morgan fingerprint density at radius 2 is 1.64 bits per heavy atom. The van der Waals surface area contributed by atoms with Gasteiger partial charge >= 0.3 is 0 Å². The van der Waals surface area contributed by atoms with Crippen molar-refractivity contribution >= 4 is 11.8 Å². The molecule has 0 aliphatic heterocycles. The van der Waals surface area contributed by atoms with Crippen LogP contribution in [0.3, 0.4) is 0 Å². The van der Waals surface area contributed by atoms with Crippen molar-refractivity contribution in [3.8, 4) is 16.9 Å². The molecule has 0 unspecified atom stereocenters. The Bertz CT molecular complexity index is 1130. The van der Waals surface area contributed by atoms with Crippen LogP contribution in [0.25, 0.3) is 16.6 Å². The maximum Gasteiger partial charge on any atom is 0.167 e. The molecular weight excluding hydrogens is 346 g/mol. The number of fused-ring (bicyclic) bond motifs is 1. The van der Waals surface area contributed by atoms with Crippen molar-refractivity contribution in [2.24, 2.45) is 0 Å². The molecule has 0 aliphatic rings. The third kappa shape index (κ3) is 3.31. The molecule has 3 nitrogen and oxygen atoms in total. The molecule has 2 aromatic carbocycles. The SMILES string of the molecule is Cc1ccc2cc(-c3cc(C)c(OCc4ccccc4)c(C)c3)c(C=O)n2c1. The fourth-order valence-electron chi connectivity index (χ4n) is 3.71. The Balaban J connectivity index is 1.72. The van der Waals surface area contributed by atoms with Gasteiger partial charge in [-0.15, -0.1) is 0 Å². The smallest absolute Gasteiger partial charge is 0.167 e. The summed E-state index contributed by atoms with van der Waals surface area (Å²) in [6.07, 6.45) is 2.94. The standard InChI is InChI=1S/C25H23NO2/c1-17-9-10-22-13-23(24(15-27)26(22)14-17)21-11-18(2)25(19(3)12-21)28-16-20-7-5-4-6-8-20/h4-15H,16H2,1-3H3. The van der Waals surface area contributed by atoms with Gasteiger partial charge in [0.05, 0.1) is 5.69 Å². The number of hydrogen-bond acceptors (Lipinski definition) is 2. The van der Waals surface area contributed by atoms with Crippen molar-refractivity contribution in [1.29, 1.82) is 0 Å². The zero-order valence-electron chi connectivity index (χ0n) is 16.4. The molecule has 0 aliphatic carbocycles. The molecule has 0 atom stereocenters. The third-order valence-corrected chi connectivity index (χ3v) is 5.06. The fourth-order valence-corrected chi connectivity index (χ4v) is 3.71. The average Bonchev–Trinajstić information content (AvgIpc) is 3.05. The van der Waals surface area contributed by atoms with Crippen LogP contribution in [0.4, 0.5) is 0 Å². The predicted molar refractivity (Wildman–Crippen MR) is 113 cm³/mol. The van der Waals surface area contributed by atoms with Gasteiger partial charge in [0, 0.05) is 17.3 Å². The van der Waals surface area contributed by atoms with Crippen LogP contribution >= 0.6 is 0 Å². The van der Waals surface area contributed by atoms with Crippen LogP contribution in [0.5, 0.6) is 5.75 Å². The lowest BCUT2D eigenvalue weighted by molar-refractivity contribution is 0.111. The molecule has 2 aromatic heterocycles. The minimum atomic E-state index is 0.539. The lowest BCUT2D eigenvalue weighted by Gasteiger charge is -2.14. The van der Waals surface area contributed by atoms with Gasteiger partial charge in [0.1, 0.15) is 12.4 Å². The highest BCUT2D eigenvalue weighted by Crippen LogP contribution is 2.33. The monoisotopic (exact) mass is 369 g/mol. The largest absolute Gasteiger partial charge is 0.488 e. The summed E-state index contributed by atoms with van der Waals surface area (Å²) >= 11 is 0. The highest BCUT2D eigenvalue weighted by molar-refractivity contribution is 5.90. The summed E-state index contributed by atoms with van der Waals surface area (Å²) in [6, 6.07) is 20.5. The number of nitrogens with zero attached hydrogens (tertiary/aromatic N) is 1. The second kappa shape index (κ2) is 7.35. The number of aromatic nitrogens is 1. The predicted octanol–water partition coefficient (Wildman–Crippen LogP) is 5.92. The number of carbonyl (C=O) groups excluding carboxylic acids is 1. The van der Waals surface area contributed by atoms with Gasteiger partial charge in [0.25, 0.3) is 0 Å². The number of pyridine rings is 1. The maximum atomic E-state index is 11.8. The van der Waals surface area contributed by atoms with Gasteiger partial charge in [-0.2, -0.15) is 0 Å². The second-order valence-corrected chi connectivity index (χ2v) is 7.28. The average molecular weight is 369 g/mol. The van der Waals surface area contributed by atoms with Crippen molar-refractivity contribution in [2.45, 2.75) is 27.4 Å². The Labute approximate surface area is 165 Å². The molecule has 0 fully saturated rings. The first-order valence-electron chi connectivity index (χ1n) is 9.42. The Morgan fingerprint density at radius 3 is 2.32 bits per heavy atom. The van der Waals surface area contributed by atoms with E-state index in [9.17, 15) is 4.79 Å². The minimum absolute atomic E-state index is 0.539. The number of aryl methyl sites for hydroxylation is 3. The third-order valence-electron chi connectivity index (χ3n) is 5.06. The maximum absolute atomic E-state index is 11.8. The molecule has 0 spiro atoms. The van der Waals surface area contributed by atoms with Crippen molar-refractivity contribution in [1.82, 2.24) is 4.40 Å². The second-order valence-electron chi connectivity index (χ2n) is 7.28. The molecule has 0 radical (unpaired) electrons. The van der Waals surface area contributed by atoms with Crippen LogP contribution in [-0.4, -0.2) is 10.7 Å². The Morgan fingerprint density at radius 1 is 0.929 bits per heavy atom. The molecule has 0 saturated carbocycles.